The fourth-order valence-corrected chi connectivity index (χ4v) is 3.49. The van der Waals surface area contributed by atoms with Crippen molar-refractivity contribution in [1.82, 2.24) is 9.47 Å². The Balaban J connectivity index is 1.86. The van der Waals surface area contributed by atoms with Gasteiger partial charge in [0, 0.05) is 47.6 Å². The van der Waals surface area contributed by atoms with Gasteiger partial charge in [0.1, 0.15) is 17.2 Å². The van der Waals surface area contributed by atoms with Crippen LogP contribution in [0.4, 0.5) is 14.5 Å². The number of fused-ring (bicyclic) bond motifs is 1. The van der Waals surface area contributed by atoms with E-state index in [2.05, 4.69) is 0 Å². The molecule has 0 unspecified atom stereocenters. The largest absolute Gasteiger partial charge is 0.477 e. The van der Waals surface area contributed by atoms with E-state index < -0.39 is 35.6 Å². The molecule has 6 nitrogen and oxygen atoms in total. The number of carboxylic acids is 1. The number of benzene rings is 2. The summed E-state index contributed by atoms with van der Waals surface area (Å²) in [5, 5.41) is 9.30. The predicted octanol–water partition coefficient (Wildman–Crippen LogP) is 2.72. The average Bonchev–Trinajstić information content (AvgIpc) is 2.74. The number of pyridine rings is 1. The molecular weight excluding hydrogens is 380 g/mol. The first-order chi connectivity index (χ1) is 15.1. The minimum atomic E-state index is -2.23. The molecule has 0 radical (unpaired) electrons. The summed E-state index contributed by atoms with van der Waals surface area (Å²) >= 11 is 0. The third-order valence-corrected chi connectivity index (χ3v) is 5.03. The fraction of sp³-hybridized carbons (Fsp3) is 0.238. The Morgan fingerprint density at radius 2 is 1.79 bits per heavy atom. The van der Waals surface area contributed by atoms with Gasteiger partial charge >= 0.3 is 5.97 Å². The van der Waals surface area contributed by atoms with Crippen molar-refractivity contribution in [2.24, 2.45) is 0 Å². The van der Waals surface area contributed by atoms with Gasteiger partial charge in [-0.3, -0.25) is 4.79 Å². The van der Waals surface area contributed by atoms with Gasteiger partial charge in [0.15, 0.2) is 0 Å². The van der Waals surface area contributed by atoms with Crippen LogP contribution in [0.3, 0.4) is 0 Å². The Hall–Kier alpha value is -3.26. The summed E-state index contributed by atoms with van der Waals surface area (Å²) in [4.78, 5) is 27.3. The van der Waals surface area contributed by atoms with Crippen LogP contribution < -0.4 is 10.3 Å². The second kappa shape index (κ2) is 7.29. The number of anilines is 1. The molecule has 1 aliphatic heterocycles. The van der Waals surface area contributed by atoms with Gasteiger partial charge < -0.3 is 19.5 Å². The maximum Gasteiger partial charge on any atom is 0.341 e. The number of halogens is 2. The SMILES string of the molecule is [2H]C([2H])([2H])N1CCN(c2cc3c(cc2F)c(=O)c(C(=O)O)cn3-c2ccc(F)cc2)CC1. The zero-order valence-electron chi connectivity index (χ0n) is 18.2. The number of likely N-dealkylation sites (N-methyl/N-ethyl adjacent to an activating group) is 1. The topological polar surface area (TPSA) is 65.8 Å². The van der Waals surface area contributed by atoms with E-state index in [4.69, 9.17) is 4.11 Å². The average molecular weight is 402 g/mol. The lowest BCUT2D eigenvalue weighted by molar-refractivity contribution is 0.0695. The van der Waals surface area contributed by atoms with Gasteiger partial charge in [-0.05, 0) is 43.4 Å². The second-order valence-corrected chi connectivity index (χ2v) is 6.82. The molecule has 8 heteroatoms. The standard InChI is InChI=1S/C21H19F2N3O3/c1-24-6-8-25(9-7-24)19-11-18-15(10-17(19)23)20(27)16(21(28)29)12-26(18)14-4-2-13(22)3-5-14/h2-5,10-12H,6-9H2,1H3,(H,28,29)/i1D3. The van der Waals surface area contributed by atoms with Crippen LogP contribution in [0.5, 0.6) is 0 Å². The van der Waals surface area contributed by atoms with Crippen molar-refractivity contribution in [2.45, 2.75) is 0 Å². The van der Waals surface area contributed by atoms with Crippen LogP contribution in [0.2, 0.25) is 0 Å². The lowest BCUT2D eigenvalue weighted by atomic mass is 10.1. The molecule has 1 fully saturated rings. The first kappa shape index (κ1) is 15.6. The van der Waals surface area contributed by atoms with Crippen molar-refractivity contribution in [3.8, 4) is 5.69 Å². The number of carbonyl (C=O) groups is 1. The van der Waals surface area contributed by atoms with Gasteiger partial charge in [-0.15, -0.1) is 0 Å². The number of hydrogen-bond acceptors (Lipinski definition) is 4. The van der Waals surface area contributed by atoms with Crippen LogP contribution in [-0.2, 0) is 0 Å². The minimum absolute atomic E-state index is 0.128. The number of rotatable bonds is 3. The lowest BCUT2D eigenvalue weighted by Crippen LogP contribution is -2.44. The maximum atomic E-state index is 15.0. The van der Waals surface area contributed by atoms with E-state index in [1.54, 1.807) is 4.90 Å². The van der Waals surface area contributed by atoms with E-state index in [1.165, 1.54) is 39.8 Å². The number of nitrogens with zero attached hydrogens (tertiary/aromatic N) is 3. The zero-order chi connectivity index (χ0) is 23.2. The first-order valence-corrected chi connectivity index (χ1v) is 8.94. The Labute approximate surface area is 169 Å². The highest BCUT2D eigenvalue weighted by Crippen LogP contribution is 2.28. The predicted molar refractivity (Wildman–Crippen MR) is 106 cm³/mol. The zero-order valence-corrected chi connectivity index (χ0v) is 15.2. The number of aromatic carboxylic acids is 1. The van der Waals surface area contributed by atoms with Crippen LogP contribution in [0.1, 0.15) is 14.5 Å². The third kappa shape index (κ3) is 3.47. The molecule has 1 aliphatic rings. The Morgan fingerprint density at radius 1 is 1.10 bits per heavy atom. The molecule has 0 amide bonds. The van der Waals surface area contributed by atoms with Gasteiger partial charge in [0.05, 0.1) is 11.2 Å². The molecule has 2 heterocycles. The Bertz CT molecular complexity index is 1250. The highest BCUT2D eigenvalue weighted by atomic mass is 19.1. The summed E-state index contributed by atoms with van der Waals surface area (Å²) in [5.74, 6) is -2.67. The monoisotopic (exact) mass is 402 g/mol. The van der Waals surface area contributed by atoms with E-state index in [0.29, 0.717) is 5.69 Å². The third-order valence-electron chi connectivity index (χ3n) is 5.03. The van der Waals surface area contributed by atoms with Crippen LogP contribution in [0.25, 0.3) is 16.6 Å². The fourth-order valence-electron chi connectivity index (χ4n) is 3.49. The molecule has 29 heavy (non-hydrogen) atoms. The van der Waals surface area contributed by atoms with Gasteiger partial charge in [0.25, 0.3) is 0 Å². The summed E-state index contributed by atoms with van der Waals surface area (Å²) in [5.41, 5.74) is -0.560. The number of carboxylic acid groups (broad SMARTS) is 1. The molecule has 4 rings (SSSR count). The van der Waals surface area contributed by atoms with Crippen molar-refractivity contribution in [2.75, 3.05) is 38.1 Å². The van der Waals surface area contributed by atoms with Crippen LogP contribution in [0, 0.1) is 11.6 Å². The summed E-state index contributed by atoms with van der Waals surface area (Å²) in [7, 11) is 0. The molecule has 0 spiro atoms. The number of aromatic nitrogens is 1. The summed E-state index contributed by atoms with van der Waals surface area (Å²) in [6.07, 6.45) is 1.13. The number of piperazine rings is 1. The van der Waals surface area contributed by atoms with Crippen molar-refractivity contribution < 1.29 is 22.8 Å². The Kier molecular flexibility index (Phi) is 3.93. The highest BCUT2D eigenvalue weighted by Gasteiger charge is 2.22. The number of hydrogen-bond donors (Lipinski definition) is 1. The summed E-state index contributed by atoms with van der Waals surface area (Å²) in [6.45, 7) is -1.30. The maximum absolute atomic E-state index is 15.0. The molecule has 150 valence electrons. The minimum Gasteiger partial charge on any atom is -0.477 e. The van der Waals surface area contributed by atoms with Crippen LogP contribution in [0.15, 0.2) is 47.4 Å². The molecule has 3 aromatic rings. The molecule has 0 bridgehead atoms. The molecule has 0 atom stereocenters. The van der Waals surface area contributed by atoms with Crippen LogP contribution >= 0.6 is 0 Å². The van der Waals surface area contributed by atoms with Gasteiger partial charge in [-0.25, -0.2) is 13.6 Å². The highest BCUT2D eigenvalue weighted by molar-refractivity contribution is 5.94. The second-order valence-electron chi connectivity index (χ2n) is 6.82. The molecule has 1 N–H and O–H groups in total. The molecule has 2 aromatic carbocycles. The van der Waals surface area contributed by atoms with Crippen molar-refractivity contribution >= 4 is 22.6 Å². The molecule has 0 saturated carbocycles. The van der Waals surface area contributed by atoms with Crippen molar-refractivity contribution in [3.05, 3.63) is 70.0 Å². The summed E-state index contributed by atoms with van der Waals surface area (Å²) in [6, 6.07) is 7.66. The summed E-state index contributed by atoms with van der Waals surface area (Å²) < 4.78 is 52.4. The van der Waals surface area contributed by atoms with Crippen LogP contribution in [-0.4, -0.2) is 53.7 Å². The lowest BCUT2D eigenvalue weighted by Gasteiger charge is -2.34. The molecule has 1 aromatic heterocycles. The first-order valence-electron chi connectivity index (χ1n) is 10.4. The molecule has 1 saturated heterocycles. The normalized spacial score (nSPS) is 17.0. The smallest absolute Gasteiger partial charge is 0.341 e. The van der Waals surface area contributed by atoms with E-state index in [-0.39, 0.29) is 42.8 Å². The Morgan fingerprint density at radius 3 is 2.41 bits per heavy atom. The van der Waals surface area contributed by atoms with E-state index >= 15 is 4.39 Å². The quantitative estimate of drug-likeness (QED) is 0.730. The van der Waals surface area contributed by atoms with Gasteiger partial charge in [-0.1, -0.05) is 0 Å². The van der Waals surface area contributed by atoms with Crippen molar-refractivity contribution in [1.29, 1.82) is 0 Å². The van der Waals surface area contributed by atoms with E-state index in [1.807, 2.05) is 0 Å². The molecule has 0 aliphatic carbocycles. The van der Waals surface area contributed by atoms with Crippen molar-refractivity contribution in [3.63, 3.8) is 0 Å². The van der Waals surface area contributed by atoms with E-state index in [9.17, 15) is 19.1 Å². The molecular formula is C21H19F2N3O3. The van der Waals surface area contributed by atoms with Gasteiger partial charge in [0.2, 0.25) is 5.43 Å². The van der Waals surface area contributed by atoms with E-state index in [0.717, 1.165) is 12.3 Å². The van der Waals surface area contributed by atoms with Gasteiger partial charge in [-0.2, -0.15) is 0 Å².